The molecule has 0 saturated heterocycles. The number of nitrogens with one attached hydrogen (secondary N) is 1. The summed E-state index contributed by atoms with van der Waals surface area (Å²) in [5.41, 5.74) is 0.556. The summed E-state index contributed by atoms with van der Waals surface area (Å²) in [4.78, 5) is 23.8. The number of esters is 1. The predicted octanol–water partition coefficient (Wildman–Crippen LogP) is 2.88. The zero-order valence-corrected chi connectivity index (χ0v) is 12.2. The van der Waals surface area contributed by atoms with Gasteiger partial charge >= 0.3 is 5.97 Å². The topological polar surface area (TPSA) is 79.2 Å². The summed E-state index contributed by atoms with van der Waals surface area (Å²) in [5.74, 6) is -2.21. The van der Waals surface area contributed by atoms with Gasteiger partial charge in [0.2, 0.25) is 0 Å². The van der Waals surface area contributed by atoms with Gasteiger partial charge in [-0.15, -0.1) is 0 Å². The van der Waals surface area contributed by atoms with E-state index >= 15 is 0 Å². The molecule has 6 heteroatoms. The van der Waals surface area contributed by atoms with Crippen molar-refractivity contribution in [3.63, 3.8) is 0 Å². The fourth-order valence-corrected chi connectivity index (χ4v) is 1.81. The molecular formula is C17H13FN2O3. The van der Waals surface area contributed by atoms with Gasteiger partial charge in [-0.25, -0.2) is 9.18 Å². The van der Waals surface area contributed by atoms with Crippen LogP contribution in [0.4, 0.5) is 10.1 Å². The first kappa shape index (κ1) is 16.2. The van der Waals surface area contributed by atoms with Crippen LogP contribution in [0.3, 0.4) is 0 Å². The second kappa shape index (κ2) is 7.18. The van der Waals surface area contributed by atoms with Crippen LogP contribution in [0.2, 0.25) is 0 Å². The highest BCUT2D eigenvalue weighted by molar-refractivity contribution is 5.97. The van der Waals surface area contributed by atoms with E-state index in [2.05, 4.69) is 5.32 Å². The van der Waals surface area contributed by atoms with Crippen molar-refractivity contribution in [2.24, 2.45) is 0 Å². The van der Waals surface area contributed by atoms with Crippen molar-refractivity contribution < 1.29 is 18.7 Å². The van der Waals surface area contributed by atoms with E-state index in [0.29, 0.717) is 11.3 Å². The van der Waals surface area contributed by atoms with E-state index in [4.69, 9.17) is 10.00 Å². The Hall–Kier alpha value is -3.20. The van der Waals surface area contributed by atoms with E-state index < -0.39 is 23.8 Å². The summed E-state index contributed by atoms with van der Waals surface area (Å²) in [6.07, 6.45) is -1.12. The number of anilines is 1. The normalized spacial score (nSPS) is 11.2. The van der Waals surface area contributed by atoms with Gasteiger partial charge < -0.3 is 10.1 Å². The third kappa shape index (κ3) is 4.14. The average molecular weight is 312 g/mol. The molecule has 0 bridgehead atoms. The lowest BCUT2D eigenvalue weighted by molar-refractivity contribution is -0.123. The fraction of sp³-hybridized carbons (Fsp3) is 0.118. The molecule has 0 fully saturated rings. The predicted molar refractivity (Wildman–Crippen MR) is 81.1 cm³/mol. The Bertz CT molecular complexity index is 783. The van der Waals surface area contributed by atoms with E-state index in [1.807, 2.05) is 6.07 Å². The van der Waals surface area contributed by atoms with E-state index in [-0.39, 0.29) is 5.56 Å². The molecule has 0 spiro atoms. The first-order chi connectivity index (χ1) is 11.0. The van der Waals surface area contributed by atoms with Crippen molar-refractivity contribution in [1.82, 2.24) is 0 Å². The maximum Gasteiger partial charge on any atom is 0.341 e. The smallest absolute Gasteiger partial charge is 0.341 e. The molecule has 2 aromatic carbocycles. The van der Waals surface area contributed by atoms with E-state index in [9.17, 15) is 14.0 Å². The molecule has 5 nitrogen and oxygen atoms in total. The number of carbonyl (C=O) groups excluding carboxylic acids is 2. The molecule has 116 valence electrons. The number of carbonyl (C=O) groups is 2. The molecule has 0 aromatic heterocycles. The first-order valence-corrected chi connectivity index (χ1v) is 6.78. The maximum absolute atomic E-state index is 13.5. The third-order valence-corrected chi connectivity index (χ3v) is 3.01. The SMILES string of the molecule is CC(OC(=O)c1ccccc1F)C(=O)Nc1cccc(C#N)c1. The number of rotatable bonds is 4. The van der Waals surface area contributed by atoms with E-state index in [0.717, 1.165) is 6.07 Å². The molecule has 0 aliphatic heterocycles. The molecule has 0 saturated carbocycles. The minimum atomic E-state index is -1.12. The number of benzene rings is 2. The summed E-state index contributed by atoms with van der Waals surface area (Å²) < 4.78 is 18.4. The van der Waals surface area contributed by atoms with Crippen LogP contribution < -0.4 is 5.32 Å². The van der Waals surface area contributed by atoms with E-state index in [1.165, 1.54) is 31.2 Å². The molecule has 2 aromatic rings. The molecule has 1 N–H and O–H groups in total. The van der Waals surface area contributed by atoms with Gasteiger partial charge in [-0.2, -0.15) is 5.26 Å². The summed E-state index contributed by atoms with van der Waals surface area (Å²) in [7, 11) is 0. The summed E-state index contributed by atoms with van der Waals surface area (Å²) in [5, 5.41) is 11.3. The van der Waals surface area contributed by atoms with Crippen LogP contribution in [0.5, 0.6) is 0 Å². The van der Waals surface area contributed by atoms with Crippen LogP contribution in [0, 0.1) is 17.1 Å². The van der Waals surface area contributed by atoms with Crippen molar-refractivity contribution in [2.45, 2.75) is 13.0 Å². The Balaban J connectivity index is 2.01. The standard InChI is InChI=1S/C17H13FN2O3/c1-11(23-17(22)14-7-2-3-8-15(14)18)16(21)20-13-6-4-5-12(9-13)10-19/h2-9,11H,1H3,(H,20,21). The Morgan fingerprint density at radius 1 is 1.22 bits per heavy atom. The highest BCUT2D eigenvalue weighted by atomic mass is 19.1. The Labute approximate surface area is 132 Å². The third-order valence-electron chi connectivity index (χ3n) is 3.01. The van der Waals surface area contributed by atoms with Crippen LogP contribution in [-0.2, 0) is 9.53 Å². The Morgan fingerprint density at radius 3 is 2.65 bits per heavy atom. The number of nitriles is 1. The van der Waals surface area contributed by atoms with Crippen LogP contribution in [0.25, 0.3) is 0 Å². The summed E-state index contributed by atoms with van der Waals surface area (Å²) in [6.45, 7) is 1.38. The Morgan fingerprint density at radius 2 is 1.96 bits per heavy atom. The van der Waals surface area contributed by atoms with Crippen molar-refractivity contribution in [1.29, 1.82) is 5.26 Å². The summed E-state index contributed by atoms with van der Waals surface area (Å²) >= 11 is 0. The highest BCUT2D eigenvalue weighted by Gasteiger charge is 2.21. The van der Waals surface area contributed by atoms with Crippen molar-refractivity contribution >= 4 is 17.6 Å². The van der Waals surface area contributed by atoms with Gasteiger partial charge in [0.15, 0.2) is 6.10 Å². The van der Waals surface area contributed by atoms with Crippen molar-refractivity contribution in [3.8, 4) is 6.07 Å². The molecule has 0 aliphatic carbocycles. The highest BCUT2D eigenvalue weighted by Crippen LogP contribution is 2.12. The van der Waals surface area contributed by atoms with Gasteiger partial charge in [-0.05, 0) is 37.3 Å². The Kier molecular flexibility index (Phi) is 5.05. The molecule has 0 radical (unpaired) electrons. The summed E-state index contributed by atoms with van der Waals surface area (Å²) in [6, 6.07) is 13.6. The van der Waals surface area contributed by atoms with Gasteiger partial charge in [0.25, 0.3) is 5.91 Å². The van der Waals surface area contributed by atoms with Crippen LogP contribution >= 0.6 is 0 Å². The molecular weight excluding hydrogens is 299 g/mol. The van der Waals surface area contributed by atoms with Crippen molar-refractivity contribution in [3.05, 3.63) is 65.5 Å². The minimum absolute atomic E-state index is 0.237. The lowest BCUT2D eigenvalue weighted by atomic mass is 10.2. The van der Waals surface area contributed by atoms with Gasteiger partial charge in [0, 0.05) is 5.69 Å². The molecule has 0 aliphatic rings. The minimum Gasteiger partial charge on any atom is -0.449 e. The fourth-order valence-electron chi connectivity index (χ4n) is 1.81. The molecule has 0 heterocycles. The second-order valence-electron chi connectivity index (χ2n) is 4.71. The van der Waals surface area contributed by atoms with Gasteiger partial charge in [0.1, 0.15) is 5.82 Å². The molecule has 23 heavy (non-hydrogen) atoms. The maximum atomic E-state index is 13.5. The van der Waals surface area contributed by atoms with E-state index in [1.54, 1.807) is 18.2 Å². The molecule has 1 amide bonds. The molecule has 2 rings (SSSR count). The number of nitrogens with zero attached hydrogens (tertiary/aromatic N) is 1. The van der Waals surface area contributed by atoms with Crippen molar-refractivity contribution in [2.75, 3.05) is 5.32 Å². The van der Waals surface area contributed by atoms with Crippen LogP contribution in [0.15, 0.2) is 48.5 Å². The molecule has 1 atom stereocenters. The number of hydrogen-bond acceptors (Lipinski definition) is 4. The lowest BCUT2D eigenvalue weighted by Gasteiger charge is -2.14. The second-order valence-corrected chi connectivity index (χ2v) is 4.71. The van der Waals surface area contributed by atoms with Gasteiger partial charge in [-0.1, -0.05) is 18.2 Å². The first-order valence-electron chi connectivity index (χ1n) is 6.78. The zero-order chi connectivity index (χ0) is 16.8. The average Bonchev–Trinajstić information content (AvgIpc) is 2.55. The number of halogens is 1. The quantitative estimate of drug-likeness (QED) is 0.880. The number of hydrogen-bond donors (Lipinski definition) is 1. The van der Waals surface area contributed by atoms with Crippen LogP contribution in [0.1, 0.15) is 22.8 Å². The molecule has 1 unspecified atom stereocenters. The van der Waals surface area contributed by atoms with Gasteiger partial charge in [0.05, 0.1) is 17.2 Å². The van der Waals surface area contributed by atoms with Gasteiger partial charge in [-0.3, -0.25) is 4.79 Å². The monoisotopic (exact) mass is 312 g/mol. The largest absolute Gasteiger partial charge is 0.449 e. The number of ether oxygens (including phenoxy) is 1. The zero-order valence-electron chi connectivity index (χ0n) is 12.2. The number of amides is 1. The van der Waals surface area contributed by atoms with Crippen LogP contribution in [-0.4, -0.2) is 18.0 Å². The lowest BCUT2D eigenvalue weighted by Crippen LogP contribution is -2.30.